The number of thioether (sulfide) groups is 1. The fraction of sp³-hybridized carbons (Fsp3) is 0.208. The maximum absolute atomic E-state index is 13.3. The molecule has 0 unspecified atom stereocenters. The molecule has 0 radical (unpaired) electrons. The minimum Gasteiger partial charge on any atom is -0.497 e. The van der Waals surface area contributed by atoms with E-state index in [1.807, 2.05) is 67.8 Å². The molecule has 0 saturated carbocycles. The summed E-state index contributed by atoms with van der Waals surface area (Å²) in [6.07, 6.45) is 0. The molecule has 4 aromatic rings. The number of carbonyl (C=O) groups excluding carboxylic acids is 1. The molecule has 0 bridgehead atoms. The topological polar surface area (TPSA) is 73.2 Å². The Bertz CT molecular complexity index is 1330. The number of nitrogens with one attached hydrogen (secondary N) is 1. The van der Waals surface area contributed by atoms with E-state index in [1.165, 1.54) is 23.1 Å². The third-order valence-electron chi connectivity index (χ3n) is 5.02. The summed E-state index contributed by atoms with van der Waals surface area (Å²) in [4.78, 5) is 30.5. The van der Waals surface area contributed by atoms with E-state index in [9.17, 15) is 9.59 Å². The van der Waals surface area contributed by atoms with Crippen LogP contribution in [0.4, 0.5) is 0 Å². The van der Waals surface area contributed by atoms with Crippen molar-refractivity contribution in [2.75, 3.05) is 12.9 Å². The maximum atomic E-state index is 13.3. The highest BCUT2D eigenvalue weighted by atomic mass is 32.2. The van der Waals surface area contributed by atoms with Crippen molar-refractivity contribution in [3.63, 3.8) is 0 Å². The van der Waals surface area contributed by atoms with Gasteiger partial charge in [-0.25, -0.2) is 4.98 Å². The van der Waals surface area contributed by atoms with Crippen molar-refractivity contribution in [2.45, 2.75) is 25.5 Å². The summed E-state index contributed by atoms with van der Waals surface area (Å²) < 4.78 is 7.38. The number of hydrogen-bond acceptors (Lipinski definition) is 6. The number of methoxy groups -OCH3 is 1. The molecule has 0 saturated heterocycles. The molecule has 164 valence electrons. The van der Waals surface area contributed by atoms with E-state index in [2.05, 4.69) is 10.3 Å². The largest absolute Gasteiger partial charge is 0.497 e. The van der Waals surface area contributed by atoms with Crippen LogP contribution in [0, 0.1) is 13.8 Å². The smallest absolute Gasteiger partial charge is 0.276 e. The summed E-state index contributed by atoms with van der Waals surface area (Å²) in [6, 6.07) is 15.3. The molecular formula is C24H23N3O3S2. The number of rotatable bonds is 7. The van der Waals surface area contributed by atoms with Gasteiger partial charge in [0.25, 0.3) is 5.56 Å². The van der Waals surface area contributed by atoms with Crippen molar-refractivity contribution in [1.82, 2.24) is 14.9 Å². The van der Waals surface area contributed by atoms with Gasteiger partial charge in [-0.1, -0.05) is 41.6 Å². The number of ether oxygens (including phenoxy) is 1. The average Bonchev–Trinajstić information content (AvgIpc) is 3.26. The monoisotopic (exact) mass is 465 g/mol. The lowest BCUT2D eigenvalue weighted by molar-refractivity contribution is -0.118. The number of aromatic nitrogens is 2. The number of aryl methyl sites for hydroxylation is 2. The molecule has 8 heteroatoms. The van der Waals surface area contributed by atoms with Crippen LogP contribution in [0.5, 0.6) is 5.75 Å². The first-order valence-electron chi connectivity index (χ1n) is 10.1. The summed E-state index contributed by atoms with van der Waals surface area (Å²) in [5.74, 6) is 0.802. The van der Waals surface area contributed by atoms with Gasteiger partial charge in [-0.3, -0.25) is 14.2 Å². The first-order chi connectivity index (χ1) is 15.5. The summed E-state index contributed by atoms with van der Waals surface area (Å²) in [5.41, 5.74) is 4.41. The molecule has 0 spiro atoms. The molecule has 1 N–H and O–H groups in total. The van der Waals surface area contributed by atoms with E-state index in [0.717, 1.165) is 28.1 Å². The summed E-state index contributed by atoms with van der Waals surface area (Å²) in [5, 5.41) is 5.29. The zero-order valence-electron chi connectivity index (χ0n) is 18.0. The van der Waals surface area contributed by atoms with Crippen molar-refractivity contribution in [3.8, 4) is 11.4 Å². The van der Waals surface area contributed by atoms with Crippen LogP contribution in [0.1, 0.15) is 16.7 Å². The van der Waals surface area contributed by atoms with E-state index < -0.39 is 0 Å². The fourth-order valence-electron chi connectivity index (χ4n) is 3.38. The molecule has 2 aromatic heterocycles. The van der Waals surface area contributed by atoms with Crippen LogP contribution in [0.25, 0.3) is 15.9 Å². The Balaban J connectivity index is 1.55. The molecule has 2 aromatic carbocycles. The van der Waals surface area contributed by atoms with Crippen molar-refractivity contribution >= 4 is 39.2 Å². The van der Waals surface area contributed by atoms with Gasteiger partial charge in [-0.15, -0.1) is 11.3 Å². The van der Waals surface area contributed by atoms with E-state index in [1.54, 1.807) is 11.7 Å². The predicted molar refractivity (Wildman–Crippen MR) is 130 cm³/mol. The van der Waals surface area contributed by atoms with Gasteiger partial charge >= 0.3 is 0 Å². The van der Waals surface area contributed by atoms with Gasteiger partial charge in [0.05, 0.1) is 24.1 Å². The van der Waals surface area contributed by atoms with Crippen LogP contribution >= 0.6 is 23.1 Å². The third-order valence-corrected chi connectivity index (χ3v) is 6.85. The summed E-state index contributed by atoms with van der Waals surface area (Å²) in [7, 11) is 1.62. The predicted octanol–water partition coefficient (Wildman–Crippen LogP) is 4.48. The second-order valence-electron chi connectivity index (χ2n) is 7.37. The molecule has 32 heavy (non-hydrogen) atoms. The molecule has 6 nitrogen and oxygen atoms in total. The standard InChI is InChI=1S/C24H23N3O3S2/c1-15-4-9-20(16(2)12-15)27-23(29)22-19(10-11-31-22)26-24(27)32-14-21(28)25-13-17-5-7-18(30-3)8-6-17/h4-12H,13-14H2,1-3H3,(H,25,28). The second kappa shape index (κ2) is 9.58. The van der Waals surface area contributed by atoms with Crippen molar-refractivity contribution in [3.05, 3.63) is 81.0 Å². The van der Waals surface area contributed by atoms with Crippen LogP contribution in [-0.2, 0) is 11.3 Å². The van der Waals surface area contributed by atoms with Gasteiger partial charge < -0.3 is 10.1 Å². The lowest BCUT2D eigenvalue weighted by atomic mass is 10.1. The average molecular weight is 466 g/mol. The molecule has 0 aliphatic carbocycles. The Morgan fingerprint density at radius 1 is 1.16 bits per heavy atom. The summed E-state index contributed by atoms with van der Waals surface area (Å²) >= 11 is 2.64. The van der Waals surface area contributed by atoms with Crippen LogP contribution in [0.3, 0.4) is 0 Å². The highest BCUT2D eigenvalue weighted by Crippen LogP contribution is 2.25. The third kappa shape index (κ3) is 4.71. The molecular weight excluding hydrogens is 442 g/mol. The van der Waals surface area contributed by atoms with Crippen molar-refractivity contribution in [1.29, 1.82) is 0 Å². The van der Waals surface area contributed by atoms with Gasteiger partial charge in [0.15, 0.2) is 5.16 Å². The molecule has 0 atom stereocenters. The Morgan fingerprint density at radius 2 is 1.94 bits per heavy atom. The zero-order valence-corrected chi connectivity index (χ0v) is 19.7. The molecule has 2 heterocycles. The second-order valence-corrected chi connectivity index (χ2v) is 9.23. The number of nitrogens with zero attached hydrogens (tertiary/aromatic N) is 2. The normalized spacial score (nSPS) is 11.0. The van der Waals surface area contributed by atoms with E-state index >= 15 is 0 Å². The quantitative estimate of drug-likeness (QED) is 0.322. The fourth-order valence-corrected chi connectivity index (χ4v) is 4.98. The SMILES string of the molecule is COc1ccc(CNC(=O)CSc2nc3ccsc3c(=O)n2-c2ccc(C)cc2C)cc1. The van der Waals surface area contributed by atoms with Crippen LogP contribution in [-0.4, -0.2) is 28.3 Å². The van der Waals surface area contributed by atoms with Crippen molar-refractivity contribution < 1.29 is 9.53 Å². The molecule has 0 fully saturated rings. The first kappa shape index (κ1) is 22.1. The Morgan fingerprint density at radius 3 is 2.66 bits per heavy atom. The van der Waals surface area contributed by atoms with E-state index in [0.29, 0.717) is 21.9 Å². The first-order valence-corrected chi connectivity index (χ1v) is 11.9. The zero-order chi connectivity index (χ0) is 22.7. The molecule has 0 aliphatic heterocycles. The number of amides is 1. The molecule has 1 amide bonds. The van der Waals surface area contributed by atoms with Crippen LogP contribution in [0.15, 0.2) is 63.9 Å². The van der Waals surface area contributed by atoms with E-state index in [-0.39, 0.29) is 17.2 Å². The Kier molecular flexibility index (Phi) is 6.62. The minimum absolute atomic E-state index is 0.113. The minimum atomic E-state index is -0.127. The van der Waals surface area contributed by atoms with Crippen LogP contribution < -0.4 is 15.6 Å². The lowest BCUT2D eigenvalue weighted by Gasteiger charge is -2.14. The van der Waals surface area contributed by atoms with E-state index in [4.69, 9.17) is 4.74 Å². The Labute approximate surface area is 194 Å². The van der Waals surface area contributed by atoms with Gasteiger partial charge in [0, 0.05) is 6.54 Å². The van der Waals surface area contributed by atoms with Crippen LogP contribution in [0.2, 0.25) is 0 Å². The van der Waals surface area contributed by atoms with Gasteiger partial charge in [-0.05, 0) is 54.6 Å². The number of benzene rings is 2. The molecule has 4 rings (SSSR count). The highest BCUT2D eigenvalue weighted by molar-refractivity contribution is 7.99. The number of carbonyl (C=O) groups is 1. The lowest BCUT2D eigenvalue weighted by Crippen LogP contribution is -2.26. The van der Waals surface area contributed by atoms with Gasteiger partial charge in [0.1, 0.15) is 10.4 Å². The van der Waals surface area contributed by atoms with Gasteiger partial charge in [0.2, 0.25) is 5.91 Å². The maximum Gasteiger partial charge on any atom is 0.276 e. The summed E-state index contributed by atoms with van der Waals surface area (Å²) in [6.45, 7) is 4.41. The van der Waals surface area contributed by atoms with Gasteiger partial charge in [-0.2, -0.15) is 0 Å². The van der Waals surface area contributed by atoms with Crippen molar-refractivity contribution in [2.24, 2.45) is 0 Å². The Hall–Kier alpha value is -3.10. The number of hydrogen-bond donors (Lipinski definition) is 1. The highest BCUT2D eigenvalue weighted by Gasteiger charge is 2.17. The number of thiophene rings is 1. The number of fused-ring (bicyclic) bond motifs is 1. The molecule has 0 aliphatic rings.